The Kier molecular flexibility index (Phi) is 5.64. The summed E-state index contributed by atoms with van der Waals surface area (Å²) in [5.74, 6) is -2.88. The number of sulfonamides is 1. The maximum absolute atomic E-state index is 13.2. The number of carbonyl (C=O) groups is 1. The molecule has 0 unspecified atom stereocenters. The molecule has 2 aromatic carbocycles. The first kappa shape index (κ1) is 19.1. The van der Waals surface area contributed by atoms with Crippen LogP contribution in [0.3, 0.4) is 0 Å². The molecule has 0 aliphatic rings. The van der Waals surface area contributed by atoms with Crippen molar-refractivity contribution in [3.63, 3.8) is 0 Å². The van der Waals surface area contributed by atoms with E-state index in [1.54, 1.807) is 19.1 Å². The van der Waals surface area contributed by atoms with Crippen molar-refractivity contribution in [1.82, 2.24) is 0 Å². The lowest BCUT2D eigenvalue weighted by atomic mass is 10.2. The van der Waals surface area contributed by atoms with Gasteiger partial charge in [0.25, 0.3) is 0 Å². The van der Waals surface area contributed by atoms with Crippen LogP contribution in [-0.2, 0) is 14.8 Å². The topological polar surface area (TPSA) is 66.5 Å². The summed E-state index contributed by atoms with van der Waals surface area (Å²) < 4.78 is 51.2. The fraction of sp³-hybridized carbons (Fsp3) is 0.188. The number of halogens is 3. The Morgan fingerprint density at radius 2 is 1.88 bits per heavy atom. The van der Waals surface area contributed by atoms with E-state index in [1.165, 1.54) is 12.1 Å². The van der Waals surface area contributed by atoms with Gasteiger partial charge in [-0.1, -0.05) is 17.7 Å². The summed E-state index contributed by atoms with van der Waals surface area (Å²) in [5.41, 5.74) is 0.769. The zero-order chi connectivity index (χ0) is 18.8. The van der Waals surface area contributed by atoms with E-state index < -0.39 is 34.1 Å². The van der Waals surface area contributed by atoms with Crippen LogP contribution in [0.15, 0.2) is 36.4 Å². The molecule has 2 rings (SSSR count). The molecule has 0 radical (unpaired) electrons. The van der Waals surface area contributed by atoms with Crippen molar-refractivity contribution in [2.75, 3.05) is 22.4 Å². The van der Waals surface area contributed by atoms with Crippen molar-refractivity contribution in [3.05, 3.63) is 58.6 Å². The maximum atomic E-state index is 13.2. The van der Waals surface area contributed by atoms with Crippen LogP contribution in [0.2, 0.25) is 5.02 Å². The highest BCUT2D eigenvalue weighted by Crippen LogP contribution is 2.28. The summed E-state index contributed by atoms with van der Waals surface area (Å²) in [6.07, 6.45) is 0.957. The lowest BCUT2D eigenvalue weighted by Crippen LogP contribution is -2.37. The predicted octanol–water partition coefficient (Wildman–Crippen LogP) is 3.33. The monoisotopic (exact) mass is 388 g/mol. The summed E-state index contributed by atoms with van der Waals surface area (Å²) in [6, 6.07) is 7.53. The number of hydrogen-bond acceptors (Lipinski definition) is 3. The molecule has 9 heteroatoms. The van der Waals surface area contributed by atoms with Crippen LogP contribution in [0.25, 0.3) is 0 Å². The van der Waals surface area contributed by atoms with E-state index in [-0.39, 0.29) is 11.4 Å². The molecular weight excluding hydrogens is 374 g/mol. The van der Waals surface area contributed by atoms with Gasteiger partial charge >= 0.3 is 0 Å². The Labute approximate surface area is 149 Å². The molecule has 5 nitrogen and oxygen atoms in total. The van der Waals surface area contributed by atoms with Gasteiger partial charge < -0.3 is 5.32 Å². The van der Waals surface area contributed by atoms with Gasteiger partial charge in [0.2, 0.25) is 15.9 Å². The molecule has 2 aromatic rings. The molecule has 0 aromatic heterocycles. The minimum Gasteiger partial charge on any atom is -0.324 e. The third kappa shape index (κ3) is 4.67. The Morgan fingerprint density at radius 3 is 2.48 bits per heavy atom. The van der Waals surface area contributed by atoms with Crippen LogP contribution in [-0.4, -0.2) is 27.1 Å². The van der Waals surface area contributed by atoms with Crippen LogP contribution in [0.1, 0.15) is 5.56 Å². The number of anilines is 2. The molecule has 1 N–H and O–H groups in total. The van der Waals surface area contributed by atoms with Crippen molar-refractivity contribution in [2.24, 2.45) is 0 Å². The van der Waals surface area contributed by atoms with Gasteiger partial charge in [0.1, 0.15) is 6.54 Å². The Bertz CT molecular complexity index is 920. The molecule has 0 aliphatic carbocycles. The summed E-state index contributed by atoms with van der Waals surface area (Å²) in [5, 5.41) is 2.69. The summed E-state index contributed by atoms with van der Waals surface area (Å²) >= 11 is 6.01. The van der Waals surface area contributed by atoms with Crippen molar-refractivity contribution in [1.29, 1.82) is 0 Å². The van der Waals surface area contributed by atoms with Crippen molar-refractivity contribution >= 4 is 38.9 Å². The SMILES string of the molecule is Cc1c(Cl)cccc1N(CC(=O)Nc1ccc(F)c(F)c1)S(C)(=O)=O. The van der Waals surface area contributed by atoms with Gasteiger partial charge in [-0.25, -0.2) is 17.2 Å². The standard InChI is InChI=1S/C16H15ClF2N2O3S/c1-10-12(17)4-3-5-15(10)21(25(2,23)24)9-16(22)20-11-6-7-13(18)14(19)8-11/h3-8H,9H2,1-2H3,(H,20,22). The van der Waals surface area contributed by atoms with Crippen molar-refractivity contribution in [3.8, 4) is 0 Å². The third-order valence-corrected chi connectivity index (χ3v) is 4.93. The van der Waals surface area contributed by atoms with Gasteiger partial charge in [-0.15, -0.1) is 0 Å². The molecule has 0 bridgehead atoms. The molecule has 25 heavy (non-hydrogen) atoms. The van der Waals surface area contributed by atoms with Crippen LogP contribution >= 0.6 is 11.6 Å². The van der Waals surface area contributed by atoms with Gasteiger partial charge in [-0.3, -0.25) is 9.10 Å². The van der Waals surface area contributed by atoms with E-state index in [0.717, 1.165) is 22.7 Å². The highest BCUT2D eigenvalue weighted by Gasteiger charge is 2.23. The maximum Gasteiger partial charge on any atom is 0.245 e. The second-order valence-corrected chi connectivity index (χ2v) is 7.64. The predicted molar refractivity (Wildman–Crippen MR) is 93.4 cm³/mol. The van der Waals surface area contributed by atoms with Crippen LogP contribution in [0, 0.1) is 18.6 Å². The van der Waals surface area contributed by atoms with E-state index in [9.17, 15) is 22.0 Å². The van der Waals surface area contributed by atoms with E-state index in [4.69, 9.17) is 11.6 Å². The number of nitrogens with zero attached hydrogens (tertiary/aromatic N) is 1. The van der Waals surface area contributed by atoms with Crippen molar-refractivity contribution < 1.29 is 22.0 Å². The molecular formula is C16H15ClF2N2O3S. The van der Waals surface area contributed by atoms with Crippen molar-refractivity contribution in [2.45, 2.75) is 6.92 Å². The molecule has 134 valence electrons. The van der Waals surface area contributed by atoms with E-state index in [2.05, 4.69) is 5.32 Å². The number of hydrogen-bond donors (Lipinski definition) is 1. The second kappa shape index (κ2) is 7.37. The average Bonchev–Trinajstić information content (AvgIpc) is 2.51. The highest BCUT2D eigenvalue weighted by atomic mass is 35.5. The quantitative estimate of drug-likeness (QED) is 0.854. The number of rotatable bonds is 5. The highest BCUT2D eigenvalue weighted by molar-refractivity contribution is 7.92. The Morgan fingerprint density at radius 1 is 1.20 bits per heavy atom. The largest absolute Gasteiger partial charge is 0.324 e. The van der Waals surface area contributed by atoms with E-state index in [0.29, 0.717) is 10.6 Å². The molecule has 0 aliphatic heterocycles. The lowest BCUT2D eigenvalue weighted by molar-refractivity contribution is -0.114. The molecule has 1 amide bonds. The van der Waals surface area contributed by atoms with Gasteiger partial charge in [-0.2, -0.15) is 0 Å². The first-order chi connectivity index (χ1) is 11.6. The number of benzene rings is 2. The van der Waals surface area contributed by atoms with Crippen LogP contribution < -0.4 is 9.62 Å². The van der Waals surface area contributed by atoms with Gasteiger partial charge in [-0.05, 0) is 36.8 Å². The molecule has 0 saturated heterocycles. The minimum absolute atomic E-state index is 0.0140. The fourth-order valence-corrected chi connectivity index (χ4v) is 3.23. The fourth-order valence-electron chi connectivity index (χ4n) is 2.15. The third-order valence-electron chi connectivity index (χ3n) is 3.40. The van der Waals surface area contributed by atoms with Gasteiger partial charge in [0, 0.05) is 16.8 Å². The second-order valence-electron chi connectivity index (χ2n) is 5.33. The smallest absolute Gasteiger partial charge is 0.245 e. The number of amides is 1. The van der Waals surface area contributed by atoms with Gasteiger partial charge in [0.15, 0.2) is 11.6 Å². The Balaban J connectivity index is 2.27. The first-order valence-corrected chi connectivity index (χ1v) is 9.30. The van der Waals surface area contributed by atoms with Crippen LogP contribution in [0.5, 0.6) is 0 Å². The molecule has 0 atom stereocenters. The lowest BCUT2D eigenvalue weighted by Gasteiger charge is -2.24. The van der Waals surface area contributed by atoms with E-state index >= 15 is 0 Å². The minimum atomic E-state index is -3.78. The zero-order valence-corrected chi connectivity index (χ0v) is 15.0. The average molecular weight is 389 g/mol. The summed E-state index contributed by atoms with van der Waals surface area (Å²) in [6.45, 7) is 1.09. The normalized spacial score (nSPS) is 11.2. The number of nitrogens with one attached hydrogen (secondary N) is 1. The summed E-state index contributed by atoms with van der Waals surface area (Å²) in [7, 11) is -3.78. The molecule has 0 saturated carbocycles. The number of carbonyl (C=O) groups excluding carboxylic acids is 1. The molecule has 0 heterocycles. The van der Waals surface area contributed by atoms with E-state index in [1.807, 2.05) is 0 Å². The van der Waals surface area contributed by atoms with Crippen LogP contribution in [0.4, 0.5) is 20.2 Å². The van der Waals surface area contributed by atoms with Gasteiger partial charge in [0.05, 0.1) is 11.9 Å². The molecule has 0 spiro atoms. The summed E-state index contributed by atoms with van der Waals surface area (Å²) in [4.78, 5) is 12.2. The Hall–Kier alpha value is -2.19. The first-order valence-electron chi connectivity index (χ1n) is 7.07. The molecule has 0 fully saturated rings. The zero-order valence-electron chi connectivity index (χ0n) is 13.4.